The molecule has 1 aromatic carbocycles. The average molecular weight is 343 g/mol. The lowest BCUT2D eigenvalue weighted by atomic mass is 10.1. The number of rotatable bonds is 5. The fourth-order valence-electron chi connectivity index (χ4n) is 2.98. The highest BCUT2D eigenvalue weighted by Gasteiger charge is 2.22. The molecule has 25 heavy (non-hydrogen) atoms. The van der Waals surface area contributed by atoms with Crippen LogP contribution in [0.2, 0.25) is 0 Å². The van der Waals surface area contributed by atoms with Crippen LogP contribution in [0.4, 0.5) is 15.1 Å². The van der Waals surface area contributed by atoms with Crippen LogP contribution in [0.25, 0.3) is 0 Å². The molecule has 2 heterocycles. The van der Waals surface area contributed by atoms with E-state index in [1.165, 1.54) is 6.07 Å². The number of nitrogens with zero attached hydrogens (tertiary/aromatic N) is 3. The van der Waals surface area contributed by atoms with Crippen molar-refractivity contribution >= 4 is 12.0 Å². The van der Waals surface area contributed by atoms with Crippen LogP contribution in [0.1, 0.15) is 18.4 Å². The van der Waals surface area contributed by atoms with Crippen molar-refractivity contribution in [2.75, 3.05) is 24.5 Å². The Morgan fingerprint density at radius 3 is 2.84 bits per heavy atom. The summed E-state index contributed by atoms with van der Waals surface area (Å²) in [4.78, 5) is 22.7. The van der Waals surface area contributed by atoms with Gasteiger partial charge in [0.25, 0.3) is 0 Å². The van der Waals surface area contributed by atoms with Crippen molar-refractivity contribution < 1.29 is 9.18 Å². The zero-order valence-electron chi connectivity index (χ0n) is 14.0. The van der Waals surface area contributed by atoms with E-state index in [9.17, 15) is 9.18 Å². The molecule has 1 aliphatic rings. The van der Waals surface area contributed by atoms with Crippen molar-refractivity contribution in [2.24, 2.45) is 0 Å². The fraction of sp³-hybridized carbons (Fsp3) is 0.389. The van der Waals surface area contributed by atoms with Gasteiger partial charge in [-0.15, -0.1) is 0 Å². The Hall–Kier alpha value is -2.70. The van der Waals surface area contributed by atoms with Gasteiger partial charge in [0, 0.05) is 38.1 Å². The first-order chi connectivity index (χ1) is 12.2. The van der Waals surface area contributed by atoms with Crippen LogP contribution in [0.15, 0.2) is 42.7 Å². The number of carbonyl (C=O) groups excluding carboxylic acids is 1. The summed E-state index contributed by atoms with van der Waals surface area (Å²) in [6.07, 6.45) is 5.79. The first kappa shape index (κ1) is 17.1. The summed E-state index contributed by atoms with van der Waals surface area (Å²) in [5.41, 5.74) is 0.605. The molecule has 0 aliphatic carbocycles. The zero-order valence-corrected chi connectivity index (χ0v) is 14.0. The molecule has 1 saturated heterocycles. The second-order valence-corrected chi connectivity index (χ2v) is 6.08. The van der Waals surface area contributed by atoms with Gasteiger partial charge in [-0.1, -0.05) is 18.2 Å². The van der Waals surface area contributed by atoms with Gasteiger partial charge in [-0.05, 0) is 37.0 Å². The third kappa shape index (κ3) is 4.89. The highest BCUT2D eigenvalue weighted by atomic mass is 19.1. The monoisotopic (exact) mass is 343 g/mol. The predicted octanol–water partition coefficient (Wildman–Crippen LogP) is 2.13. The molecule has 0 saturated carbocycles. The molecule has 2 aromatic rings. The van der Waals surface area contributed by atoms with Gasteiger partial charge in [-0.2, -0.15) is 0 Å². The Morgan fingerprint density at radius 2 is 2.04 bits per heavy atom. The molecule has 7 heteroatoms. The largest absolute Gasteiger partial charge is 0.339 e. The lowest BCUT2D eigenvalue weighted by molar-refractivity contribution is 0.235. The topological polar surface area (TPSA) is 70.2 Å². The van der Waals surface area contributed by atoms with Crippen molar-refractivity contribution in [2.45, 2.75) is 25.3 Å². The molecule has 0 spiro atoms. The first-order valence-electron chi connectivity index (χ1n) is 8.52. The van der Waals surface area contributed by atoms with Gasteiger partial charge in [-0.3, -0.25) is 0 Å². The van der Waals surface area contributed by atoms with E-state index in [1.54, 1.807) is 36.7 Å². The molecule has 0 bridgehead atoms. The number of halogens is 1. The minimum Gasteiger partial charge on any atom is -0.339 e. The second kappa shape index (κ2) is 8.41. The average Bonchev–Trinajstić information content (AvgIpc) is 2.64. The quantitative estimate of drug-likeness (QED) is 0.872. The minimum atomic E-state index is -0.240. The van der Waals surface area contributed by atoms with Crippen molar-refractivity contribution in [1.29, 1.82) is 0 Å². The van der Waals surface area contributed by atoms with E-state index < -0.39 is 0 Å². The van der Waals surface area contributed by atoms with Crippen LogP contribution in [0.3, 0.4) is 0 Å². The number of benzene rings is 1. The number of hydrogen-bond donors (Lipinski definition) is 2. The molecule has 0 radical (unpaired) electrons. The third-order valence-corrected chi connectivity index (χ3v) is 4.23. The standard InChI is InChI=1S/C18H22FN5O/c19-16-7-2-1-5-14(16)8-11-22-18(25)23-15-6-3-12-24(13-15)17-20-9-4-10-21-17/h1-2,4-5,7,9-10,15H,3,6,8,11-13H2,(H2,22,23,25)/t15-/m0/s1. The Balaban J connectivity index is 1.44. The van der Waals surface area contributed by atoms with E-state index in [0.717, 1.165) is 19.4 Å². The third-order valence-electron chi connectivity index (χ3n) is 4.23. The van der Waals surface area contributed by atoms with Crippen molar-refractivity contribution in [3.8, 4) is 0 Å². The number of carbonyl (C=O) groups is 1. The van der Waals surface area contributed by atoms with Gasteiger partial charge >= 0.3 is 6.03 Å². The molecule has 2 N–H and O–H groups in total. The maximum atomic E-state index is 13.5. The number of nitrogens with one attached hydrogen (secondary N) is 2. The molecular formula is C18H22FN5O. The Morgan fingerprint density at radius 1 is 1.24 bits per heavy atom. The lowest BCUT2D eigenvalue weighted by Gasteiger charge is -2.33. The van der Waals surface area contributed by atoms with Gasteiger partial charge < -0.3 is 15.5 Å². The normalized spacial score (nSPS) is 17.2. The molecule has 2 amide bonds. The molecule has 1 atom stereocenters. The summed E-state index contributed by atoms with van der Waals surface area (Å²) in [6.45, 7) is 1.97. The van der Waals surface area contributed by atoms with Crippen LogP contribution >= 0.6 is 0 Å². The second-order valence-electron chi connectivity index (χ2n) is 6.08. The minimum absolute atomic E-state index is 0.0472. The number of amides is 2. The molecular weight excluding hydrogens is 321 g/mol. The van der Waals surface area contributed by atoms with Crippen LogP contribution in [-0.2, 0) is 6.42 Å². The van der Waals surface area contributed by atoms with E-state index in [2.05, 4.69) is 25.5 Å². The number of urea groups is 1. The van der Waals surface area contributed by atoms with E-state index >= 15 is 0 Å². The van der Waals surface area contributed by atoms with Crippen LogP contribution < -0.4 is 15.5 Å². The SMILES string of the molecule is O=C(NCCc1ccccc1F)N[C@H]1CCCN(c2ncccn2)C1. The maximum absolute atomic E-state index is 13.5. The summed E-state index contributed by atoms with van der Waals surface area (Å²) in [5.74, 6) is 0.449. The summed E-state index contributed by atoms with van der Waals surface area (Å²) in [5, 5.41) is 5.77. The Labute approximate surface area is 146 Å². The lowest BCUT2D eigenvalue weighted by Crippen LogP contribution is -2.51. The molecule has 0 unspecified atom stereocenters. The van der Waals surface area contributed by atoms with Crippen molar-refractivity contribution in [3.63, 3.8) is 0 Å². The van der Waals surface area contributed by atoms with Gasteiger partial charge in [0.05, 0.1) is 0 Å². The molecule has 132 valence electrons. The molecule has 3 rings (SSSR count). The van der Waals surface area contributed by atoms with Gasteiger partial charge in [-0.25, -0.2) is 19.2 Å². The highest BCUT2D eigenvalue weighted by Crippen LogP contribution is 2.15. The van der Waals surface area contributed by atoms with Gasteiger partial charge in [0.2, 0.25) is 5.95 Å². The number of anilines is 1. The molecule has 6 nitrogen and oxygen atoms in total. The van der Waals surface area contributed by atoms with Crippen LogP contribution in [0, 0.1) is 5.82 Å². The molecule has 1 aliphatic heterocycles. The smallest absolute Gasteiger partial charge is 0.315 e. The van der Waals surface area contributed by atoms with Crippen molar-refractivity contribution in [1.82, 2.24) is 20.6 Å². The Bertz CT molecular complexity index is 697. The predicted molar refractivity (Wildman–Crippen MR) is 93.9 cm³/mol. The zero-order chi connectivity index (χ0) is 17.5. The maximum Gasteiger partial charge on any atom is 0.315 e. The van der Waals surface area contributed by atoms with E-state index in [1.807, 2.05) is 0 Å². The van der Waals surface area contributed by atoms with Gasteiger partial charge in [0.15, 0.2) is 0 Å². The van der Waals surface area contributed by atoms with Gasteiger partial charge in [0.1, 0.15) is 5.82 Å². The number of piperidine rings is 1. The summed E-state index contributed by atoms with van der Waals surface area (Å²) < 4.78 is 13.5. The number of aromatic nitrogens is 2. The van der Waals surface area contributed by atoms with Crippen LogP contribution in [-0.4, -0.2) is 41.7 Å². The number of hydrogen-bond acceptors (Lipinski definition) is 4. The fourth-order valence-corrected chi connectivity index (χ4v) is 2.98. The summed E-state index contributed by atoms with van der Waals surface area (Å²) in [6, 6.07) is 8.21. The summed E-state index contributed by atoms with van der Waals surface area (Å²) in [7, 11) is 0. The van der Waals surface area contributed by atoms with Crippen molar-refractivity contribution in [3.05, 3.63) is 54.1 Å². The highest BCUT2D eigenvalue weighted by molar-refractivity contribution is 5.74. The molecule has 1 fully saturated rings. The summed E-state index contributed by atoms with van der Waals surface area (Å²) >= 11 is 0. The van der Waals surface area contributed by atoms with Crippen LogP contribution in [0.5, 0.6) is 0 Å². The van der Waals surface area contributed by atoms with E-state index in [-0.39, 0.29) is 17.9 Å². The Kier molecular flexibility index (Phi) is 5.77. The first-order valence-corrected chi connectivity index (χ1v) is 8.52. The van der Waals surface area contributed by atoms with E-state index in [0.29, 0.717) is 31.0 Å². The van der Waals surface area contributed by atoms with E-state index in [4.69, 9.17) is 0 Å². The molecule has 1 aromatic heterocycles.